The highest BCUT2D eigenvalue weighted by Crippen LogP contribution is 2.37. The molecule has 0 aliphatic carbocycles. The number of nitrogens with zero attached hydrogens (tertiary/aromatic N) is 6. The SMILES string of the molecule is CC(=O)OCC1CC(OC(C)=O)C(n2cnc3c(=O)[nH]cnc32)O1.CC(=O)OCC1OC(n2cnc3c(=O)[nH]cnc32)C(OC(C)=O)C1Br. The molecule has 2 aliphatic heterocycles. The lowest BCUT2D eigenvalue weighted by atomic mass is 10.2. The molecule has 0 spiro atoms. The largest absolute Gasteiger partial charge is 0.463 e. The van der Waals surface area contributed by atoms with Gasteiger partial charge in [0, 0.05) is 34.1 Å². The number of rotatable bonds is 8. The fourth-order valence-corrected chi connectivity index (χ4v) is 5.91. The van der Waals surface area contributed by atoms with Crippen LogP contribution in [0.1, 0.15) is 46.6 Å². The van der Waals surface area contributed by atoms with Crippen LogP contribution in [0.4, 0.5) is 0 Å². The van der Waals surface area contributed by atoms with Crippen LogP contribution in [0, 0.1) is 0 Å². The fourth-order valence-electron chi connectivity index (χ4n) is 5.27. The van der Waals surface area contributed by atoms with Crippen LogP contribution in [0.25, 0.3) is 22.3 Å². The molecule has 262 valence electrons. The zero-order chi connectivity index (χ0) is 35.4. The van der Waals surface area contributed by atoms with Gasteiger partial charge in [0.05, 0.1) is 36.2 Å². The van der Waals surface area contributed by atoms with E-state index < -0.39 is 71.1 Å². The predicted octanol–water partition coefficient (Wildman–Crippen LogP) is 0.177. The van der Waals surface area contributed by atoms with Gasteiger partial charge < -0.3 is 38.4 Å². The normalized spacial score (nSPS) is 24.6. The molecule has 7 atom stereocenters. The Labute approximate surface area is 283 Å². The lowest BCUT2D eigenvalue weighted by Gasteiger charge is -2.21. The summed E-state index contributed by atoms with van der Waals surface area (Å²) < 4.78 is 35.4. The molecule has 0 saturated carbocycles. The second-order valence-electron chi connectivity index (χ2n) is 10.8. The van der Waals surface area contributed by atoms with Crippen LogP contribution in [0.2, 0.25) is 0 Å². The Kier molecular flexibility index (Phi) is 10.8. The van der Waals surface area contributed by atoms with E-state index in [2.05, 4.69) is 45.8 Å². The lowest BCUT2D eigenvalue weighted by Crippen LogP contribution is -2.33. The van der Waals surface area contributed by atoms with E-state index in [1.54, 1.807) is 0 Å². The van der Waals surface area contributed by atoms with E-state index in [0.717, 1.165) is 0 Å². The lowest BCUT2D eigenvalue weighted by molar-refractivity contribution is -0.154. The number of aromatic nitrogens is 8. The number of nitrogens with one attached hydrogen (secondary N) is 2. The zero-order valence-electron chi connectivity index (χ0n) is 26.4. The third-order valence-corrected chi connectivity index (χ3v) is 8.34. The van der Waals surface area contributed by atoms with Crippen LogP contribution in [0.5, 0.6) is 0 Å². The molecule has 6 heterocycles. The Bertz CT molecular complexity index is 1970. The molecule has 6 rings (SSSR count). The first-order valence-electron chi connectivity index (χ1n) is 14.7. The van der Waals surface area contributed by atoms with Crippen molar-refractivity contribution in [1.29, 1.82) is 0 Å². The molecule has 2 aliphatic rings. The number of alkyl halides is 1. The minimum Gasteiger partial charge on any atom is -0.463 e. The van der Waals surface area contributed by atoms with E-state index in [-0.39, 0.29) is 29.8 Å². The number of ether oxygens (including phenoxy) is 6. The van der Waals surface area contributed by atoms with E-state index in [9.17, 15) is 28.8 Å². The third kappa shape index (κ3) is 8.00. The maximum Gasteiger partial charge on any atom is 0.303 e. The molecule has 0 aromatic carbocycles. The van der Waals surface area contributed by atoms with Gasteiger partial charge in [-0.15, -0.1) is 0 Å². The smallest absolute Gasteiger partial charge is 0.303 e. The first-order valence-corrected chi connectivity index (χ1v) is 15.6. The summed E-state index contributed by atoms with van der Waals surface area (Å²) in [5.41, 5.74) is 0.135. The van der Waals surface area contributed by atoms with Crippen molar-refractivity contribution >= 4 is 62.1 Å². The Hall–Kier alpha value is -5.02. The topological polar surface area (TPSA) is 251 Å². The molecule has 2 saturated heterocycles. The number of imidazole rings is 2. The van der Waals surface area contributed by atoms with Crippen molar-refractivity contribution in [2.75, 3.05) is 13.2 Å². The molecule has 4 aromatic heterocycles. The minimum absolute atomic E-state index is 0.0137. The van der Waals surface area contributed by atoms with Crippen LogP contribution in [-0.2, 0) is 47.6 Å². The molecule has 7 unspecified atom stereocenters. The minimum atomic E-state index is -0.784. The Morgan fingerprint density at radius 2 is 1.31 bits per heavy atom. The second-order valence-corrected chi connectivity index (χ2v) is 11.9. The summed E-state index contributed by atoms with van der Waals surface area (Å²) in [7, 11) is 0. The number of esters is 4. The van der Waals surface area contributed by atoms with Crippen molar-refractivity contribution < 1.29 is 47.6 Å². The van der Waals surface area contributed by atoms with Crippen molar-refractivity contribution in [3.8, 4) is 0 Å². The van der Waals surface area contributed by atoms with Gasteiger partial charge in [-0.05, 0) is 0 Å². The number of hydrogen-bond donors (Lipinski definition) is 2. The van der Waals surface area contributed by atoms with Crippen molar-refractivity contribution in [2.24, 2.45) is 0 Å². The molecule has 2 N–H and O–H groups in total. The van der Waals surface area contributed by atoms with Crippen LogP contribution in [0.3, 0.4) is 0 Å². The van der Waals surface area contributed by atoms with E-state index >= 15 is 0 Å². The summed E-state index contributed by atoms with van der Waals surface area (Å²) in [4.78, 5) is 89.1. The van der Waals surface area contributed by atoms with E-state index in [4.69, 9.17) is 28.4 Å². The maximum atomic E-state index is 11.8. The van der Waals surface area contributed by atoms with Crippen LogP contribution in [-0.4, -0.2) is 105 Å². The average Bonchev–Trinajstić information content (AvgIpc) is 3.81. The standard InChI is InChI=1S/C14H15BrN4O6.C14H16N4O6/c1-6(20)23-3-8-9(15)11(24-7(2)21)14(25-8)19-5-18-10-12(19)16-4-17-13(10)22;1-7(19)22-4-9-3-10(23-8(2)20)14(24-9)18-6-17-11-12(18)15-5-16-13(11)21/h4-5,8-9,11,14H,3H2,1-2H3,(H,16,17,22);5-6,9-10,14H,3-4H2,1-2H3,(H,15,16,21). The highest BCUT2D eigenvalue weighted by molar-refractivity contribution is 9.09. The number of carbonyl (C=O) groups excluding carboxylic acids is 4. The summed E-state index contributed by atoms with van der Waals surface area (Å²) in [5, 5.41) is 0. The highest BCUT2D eigenvalue weighted by Gasteiger charge is 2.47. The van der Waals surface area contributed by atoms with Gasteiger partial charge in [-0.25, -0.2) is 19.9 Å². The fraction of sp³-hybridized carbons (Fsp3) is 0.500. The Morgan fingerprint density at radius 3 is 1.84 bits per heavy atom. The van der Waals surface area contributed by atoms with Gasteiger partial charge in [0.1, 0.15) is 25.4 Å². The number of fused-ring (bicyclic) bond motifs is 2. The van der Waals surface area contributed by atoms with E-state index in [0.29, 0.717) is 17.7 Å². The van der Waals surface area contributed by atoms with Gasteiger partial charge in [-0.2, -0.15) is 0 Å². The molecular formula is C28H31BrN8O12. The molecule has 0 amide bonds. The van der Waals surface area contributed by atoms with Crippen LogP contribution >= 0.6 is 15.9 Å². The molecule has 49 heavy (non-hydrogen) atoms. The summed E-state index contributed by atoms with van der Waals surface area (Å²) in [6, 6.07) is 0. The number of H-pyrrole nitrogens is 2. The van der Waals surface area contributed by atoms with Gasteiger partial charge in [-0.1, -0.05) is 15.9 Å². The number of aromatic amines is 2. The van der Waals surface area contributed by atoms with Gasteiger partial charge in [0.25, 0.3) is 11.1 Å². The monoisotopic (exact) mass is 750 g/mol. The molecule has 2 fully saturated rings. The molecule has 4 aromatic rings. The second kappa shape index (κ2) is 15.0. The van der Waals surface area contributed by atoms with Crippen LogP contribution in [0.15, 0.2) is 34.9 Å². The quantitative estimate of drug-likeness (QED) is 0.138. The van der Waals surface area contributed by atoms with Crippen molar-refractivity contribution in [3.05, 3.63) is 46.0 Å². The Balaban J connectivity index is 0.000000191. The van der Waals surface area contributed by atoms with E-state index in [1.165, 1.54) is 62.1 Å². The van der Waals surface area contributed by atoms with Gasteiger partial charge in [0.15, 0.2) is 40.9 Å². The molecule has 0 bridgehead atoms. The first-order chi connectivity index (χ1) is 23.3. The van der Waals surface area contributed by atoms with Gasteiger partial charge in [-0.3, -0.25) is 37.9 Å². The van der Waals surface area contributed by atoms with Gasteiger partial charge in [0.2, 0.25) is 0 Å². The molecule has 21 heteroatoms. The summed E-state index contributed by atoms with van der Waals surface area (Å²) in [6.07, 6.45) is 1.82. The van der Waals surface area contributed by atoms with Crippen molar-refractivity contribution in [1.82, 2.24) is 39.0 Å². The highest BCUT2D eigenvalue weighted by atomic mass is 79.9. The van der Waals surface area contributed by atoms with Crippen LogP contribution < -0.4 is 11.1 Å². The van der Waals surface area contributed by atoms with Gasteiger partial charge >= 0.3 is 23.9 Å². The number of hydrogen-bond acceptors (Lipinski definition) is 16. The summed E-state index contributed by atoms with van der Waals surface area (Å²) in [6.45, 7) is 5.20. The number of carbonyl (C=O) groups is 4. The number of halogens is 1. The van der Waals surface area contributed by atoms with Crippen molar-refractivity contribution in [2.45, 2.75) is 75.8 Å². The maximum absolute atomic E-state index is 11.8. The summed E-state index contributed by atoms with van der Waals surface area (Å²) >= 11 is 3.44. The molecule has 0 radical (unpaired) electrons. The average molecular weight is 752 g/mol. The summed E-state index contributed by atoms with van der Waals surface area (Å²) in [5.74, 6) is -1.83. The zero-order valence-corrected chi connectivity index (χ0v) is 28.0. The molecule has 20 nitrogen and oxygen atoms in total. The molecular weight excluding hydrogens is 720 g/mol. The van der Waals surface area contributed by atoms with Crippen molar-refractivity contribution in [3.63, 3.8) is 0 Å². The Morgan fingerprint density at radius 1 is 0.776 bits per heavy atom. The first kappa shape index (κ1) is 35.3. The third-order valence-electron chi connectivity index (χ3n) is 7.23. The van der Waals surface area contributed by atoms with E-state index in [1.807, 2.05) is 0 Å². The predicted molar refractivity (Wildman–Crippen MR) is 166 cm³/mol.